The molecule has 0 spiro atoms. The number of ketones is 1. The lowest BCUT2D eigenvalue weighted by Crippen LogP contribution is -1.99. The summed E-state index contributed by atoms with van der Waals surface area (Å²) in [7, 11) is 0. The van der Waals surface area contributed by atoms with Crippen LogP contribution in [0.3, 0.4) is 0 Å². The highest BCUT2D eigenvalue weighted by molar-refractivity contribution is 6.05. The van der Waals surface area contributed by atoms with E-state index in [9.17, 15) is 4.79 Å². The first-order valence-electron chi connectivity index (χ1n) is 6.01. The number of carbonyl (C=O) groups excluding carboxylic acids is 1. The molecule has 18 heavy (non-hydrogen) atoms. The van der Waals surface area contributed by atoms with Gasteiger partial charge in [0, 0.05) is 31.0 Å². The Kier molecular flexibility index (Phi) is 3.72. The monoisotopic (exact) mass is 244 g/mol. The second-order valence-corrected chi connectivity index (χ2v) is 3.88. The van der Waals surface area contributed by atoms with Crippen molar-refractivity contribution in [3.05, 3.63) is 42.0 Å². The summed E-state index contributed by atoms with van der Waals surface area (Å²) in [5, 5.41) is 8.29. The van der Waals surface area contributed by atoms with Gasteiger partial charge in [-0.05, 0) is 32.1 Å². The average molecular weight is 244 g/mol. The van der Waals surface area contributed by atoms with E-state index in [4.69, 9.17) is 0 Å². The van der Waals surface area contributed by atoms with Gasteiger partial charge in [-0.15, -0.1) is 0 Å². The zero-order chi connectivity index (χ0) is 13.0. The summed E-state index contributed by atoms with van der Waals surface area (Å²) in [4.78, 5) is 11.8. The minimum atomic E-state index is -0.0913. The van der Waals surface area contributed by atoms with E-state index in [1.165, 1.54) is 6.08 Å². The molecule has 0 aromatic carbocycles. The Morgan fingerprint density at radius 1 is 1.33 bits per heavy atom. The van der Waals surface area contributed by atoms with Crippen molar-refractivity contribution < 1.29 is 4.79 Å². The molecule has 0 unspecified atom stereocenters. The van der Waals surface area contributed by atoms with Crippen molar-refractivity contribution in [3.63, 3.8) is 0 Å². The van der Waals surface area contributed by atoms with Gasteiger partial charge in [0.05, 0.1) is 6.20 Å². The number of carbonyl (C=O) groups is 1. The van der Waals surface area contributed by atoms with Gasteiger partial charge in [0.25, 0.3) is 0 Å². The molecule has 0 radical (unpaired) electrons. The Balaban J connectivity index is 2.06. The van der Waals surface area contributed by atoms with Crippen LogP contribution in [0, 0.1) is 0 Å². The summed E-state index contributed by atoms with van der Waals surface area (Å²) in [6.45, 7) is 5.59. The molecule has 2 rings (SSSR count). The molecule has 0 aliphatic carbocycles. The van der Waals surface area contributed by atoms with Crippen LogP contribution in [0.15, 0.2) is 30.7 Å². The van der Waals surface area contributed by atoms with E-state index < -0.39 is 0 Å². The Morgan fingerprint density at radius 2 is 2.11 bits per heavy atom. The Bertz CT molecular complexity index is 565. The van der Waals surface area contributed by atoms with Crippen molar-refractivity contribution >= 4 is 11.9 Å². The fraction of sp³-hybridized carbons (Fsp3) is 0.308. The maximum atomic E-state index is 11.8. The molecule has 2 aromatic rings. The molecule has 0 aliphatic rings. The topological polar surface area (TPSA) is 52.7 Å². The summed E-state index contributed by atoms with van der Waals surface area (Å²) in [6, 6.07) is 1.73. The fourth-order valence-corrected chi connectivity index (χ4v) is 1.57. The first-order valence-corrected chi connectivity index (χ1v) is 6.01. The maximum Gasteiger partial charge on any atom is 0.206 e. The normalized spacial score (nSPS) is 11.2. The molecule has 94 valence electrons. The van der Waals surface area contributed by atoms with Crippen molar-refractivity contribution in [2.75, 3.05) is 0 Å². The molecule has 0 saturated heterocycles. The number of rotatable bonds is 5. The van der Waals surface area contributed by atoms with Crippen LogP contribution in [0.2, 0.25) is 0 Å². The third kappa shape index (κ3) is 2.74. The summed E-state index contributed by atoms with van der Waals surface area (Å²) < 4.78 is 3.55. The van der Waals surface area contributed by atoms with Crippen LogP contribution in [0.5, 0.6) is 0 Å². The fourth-order valence-electron chi connectivity index (χ4n) is 1.57. The van der Waals surface area contributed by atoms with Crippen LogP contribution in [0.1, 0.15) is 29.9 Å². The van der Waals surface area contributed by atoms with Crippen LogP contribution in [-0.2, 0) is 13.1 Å². The van der Waals surface area contributed by atoms with E-state index in [0.29, 0.717) is 5.69 Å². The van der Waals surface area contributed by atoms with Gasteiger partial charge in [-0.1, -0.05) is 0 Å². The quantitative estimate of drug-likeness (QED) is 0.597. The molecule has 0 aliphatic heterocycles. The number of aromatic nitrogens is 4. The molecule has 2 heterocycles. The highest BCUT2D eigenvalue weighted by Crippen LogP contribution is 2.04. The Hall–Kier alpha value is -2.17. The third-order valence-electron chi connectivity index (χ3n) is 2.62. The van der Waals surface area contributed by atoms with Crippen molar-refractivity contribution in [3.8, 4) is 0 Å². The number of aryl methyl sites for hydroxylation is 2. The molecule has 0 bridgehead atoms. The second-order valence-electron chi connectivity index (χ2n) is 3.88. The predicted molar refractivity (Wildman–Crippen MR) is 69.2 cm³/mol. The van der Waals surface area contributed by atoms with E-state index in [2.05, 4.69) is 10.2 Å². The molecule has 2 aromatic heterocycles. The number of hydrogen-bond acceptors (Lipinski definition) is 3. The lowest BCUT2D eigenvalue weighted by molar-refractivity contribution is 0.104. The summed E-state index contributed by atoms with van der Waals surface area (Å²) in [5.41, 5.74) is 1.39. The molecular weight excluding hydrogens is 228 g/mol. The lowest BCUT2D eigenvalue weighted by Gasteiger charge is -1.91. The first-order chi connectivity index (χ1) is 8.72. The summed E-state index contributed by atoms with van der Waals surface area (Å²) >= 11 is 0. The zero-order valence-electron chi connectivity index (χ0n) is 10.6. The molecule has 0 atom stereocenters. The van der Waals surface area contributed by atoms with Gasteiger partial charge in [0.2, 0.25) is 5.78 Å². The van der Waals surface area contributed by atoms with Crippen molar-refractivity contribution in [2.24, 2.45) is 0 Å². The van der Waals surface area contributed by atoms with Crippen LogP contribution in [0.25, 0.3) is 6.08 Å². The van der Waals surface area contributed by atoms with Crippen molar-refractivity contribution in [1.82, 2.24) is 19.6 Å². The smallest absolute Gasteiger partial charge is 0.206 e. The predicted octanol–water partition coefficient (Wildman–Crippen LogP) is 2.02. The van der Waals surface area contributed by atoms with E-state index in [1.54, 1.807) is 29.2 Å². The third-order valence-corrected chi connectivity index (χ3v) is 2.62. The van der Waals surface area contributed by atoms with E-state index >= 15 is 0 Å². The Labute approximate surface area is 106 Å². The average Bonchev–Trinajstić information content (AvgIpc) is 3.04. The molecule has 5 heteroatoms. The number of hydrogen-bond donors (Lipinski definition) is 0. The number of nitrogens with zero attached hydrogens (tertiary/aromatic N) is 4. The largest absolute Gasteiger partial charge is 0.287 e. The SMILES string of the molecule is CCn1cc(/C=C/C(=O)c2ccn(CC)n2)cn1. The van der Waals surface area contributed by atoms with Gasteiger partial charge in [-0.25, -0.2) is 0 Å². The molecule has 0 amide bonds. The van der Waals surface area contributed by atoms with Crippen molar-refractivity contribution in [1.29, 1.82) is 0 Å². The molecule has 0 fully saturated rings. The lowest BCUT2D eigenvalue weighted by atomic mass is 10.2. The molecule has 0 saturated carbocycles. The van der Waals surface area contributed by atoms with Gasteiger partial charge >= 0.3 is 0 Å². The van der Waals surface area contributed by atoms with Gasteiger partial charge in [0.15, 0.2) is 0 Å². The van der Waals surface area contributed by atoms with Crippen LogP contribution in [-0.4, -0.2) is 25.3 Å². The molecule has 0 N–H and O–H groups in total. The van der Waals surface area contributed by atoms with Gasteiger partial charge in [0.1, 0.15) is 5.69 Å². The van der Waals surface area contributed by atoms with Gasteiger partial charge < -0.3 is 0 Å². The van der Waals surface area contributed by atoms with E-state index in [-0.39, 0.29) is 5.78 Å². The Morgan fingerprint density at radius 3 is 2.72 bits per heavy atom. The van der Waals surface area contributed by atoms with Crippen LogP contribution in [0.4, 0.5) is 0 Å². The zero-order valence-corrected chi connectivity index (χ0v) is 10.6. The highest BCUT2D eigenvalue weighted by Gasteiger charge is 2.05. The van der Waals surface area contributed by atoms with Crippen molar-refractivity contribution in [2.45, 2.75) is 26.9 Å². The maximum absolute atomic E-state index is 11.8. The van der Waals surface area contributed by atoms with Crippen LogP contribution >= 0.6 is 0 Å². The minimum absolute atomic E-state index is 0.0913. The summed E-state index contributed by atoms with van der Waals surface area (Å²) in [5.74, 6) is -0.0913. The van der Waals surface area contributed by atoms with Gasteiger partial charge in [-0.3, -0.25) is 14.2 Å². The molecular formula is C13H16N4O. The van der Waals surface area contributed by atoms with E-state index in [1.807, 2.05) is 24.7 Å². The van der Waals surface area contributed by atoms with Gasteiger partial charge in [-0.2, -0.15) is 10.2 Å². The minimum Gasteiger partial charge on any atom is -0.287 e. The highest BCUT2D eigenvalue weighted by atomic mass is 16.1. The van der Waals surface area contributed by atoms with Crippen LogP contribution < -0.4 is 0 Å². The second kappa shape index (κ2) is 5.44. The number of allylic oxidation sites excluding steroid dienone is 1. The standard InChI is InChI=1S/C13H16N4O/c1-3-16-8-7-12(15-16)13(18)6-5-11-9-14-17(4-2)10-11/h5-10H,3-4H2,1-2H3/b6-5+. The molecule has 5 nitrogen and oxygen atoms in total. The van der Waals surface area contributed by atoms with E-state index in [0.717, 1.165) is 18.7 Å². The first kappa shape index (κ1) is 12.3. The summed E-state index contributed by atoms with van der Waals surface area (Å²) in [6.07, 6.45) is 8.72.